The number of hydrogen-bond acceptors (Lipinski definition) is 4. The molecule has 0 aliphatic heterocycles. The van der Waals surface area contributed by atoms with Gasteiger partial charge in [0.15, 0.2) is 0 Å². The van der Waals surface area contributed by atoms with Gasteiger partial charge in [0.25, 0.3) is 11.5 Å². The molecule has 3 rings (SSSR count). The smallest absolute Gasteiger partial charge is 0.332 e. The largest absolute Gasteiger partial charge is 0.352 e. The number of pyridine rings is 1. The number of aryl methyl sites for hydroxylation is 1. The highest BCUT2D eigenvalue weighted by Gasteiger charge is 2.13. The van der Waals surface area contributed by atoms with Gasteiger partial charge in [-0.25, -0.2) is 9.78 Å². The first-order valence-corrected chi connectivity index (χ1v) is 8.80. The van der Waals surface area contributed by atoms with Gasteiger partial charge >= 0.3 is 5.69 Å². The number of amides is 1. The Morgan fingerprint density at radius 2 is 1.96 bits per heavy atom. The van der Waals surface area contributed by atoms with Crippen molar-refractivity contribution in [2.45, 2.75) is 20.4 Å². The van der Waals surface area contributed by atoms with E-state index in [0.717, 1.165) is 4.57 Å². The summed E-state index contributed by atoms with van der Waals surface area (Å²) in [6.45, 7) is 4.71. The van der Waals surface area contributed by atoms with E-state index in [1.54, 1.807) is 49.6 Å². The molecule has 7 heteroatoms. The van der Waals surface area contributed by atoms with Gasteiger partial charge in [-0.15, -0.1) is 0 Å². The number of carbonyl (C=O) groups is 1. The Bertz CT molecular complexity index is 1110. The van der Waals surface area contributed by atoms with E-state index in [1.807, 2.05) is 13.8 Å². The maximum absolute atomic E-state index is 12.7. The summed E-state index contributed by atoms with van der Waals surface area (Å²) in [5, 5.41) is 3.24. The van der Waals surface area contributed by atoms with E-state index < -0.39 is 11.2 Å². The Hall–Kier alpha value is -3.22. The molecular weight excluding hydrogens is 344 g/mol. The maximum Gasteiger partial charge on any atom is 0.332 e. The molecule has 3 aromatic rings. The Morgan fingerprint density at radius 1 is 1.19 bits per heavy atom. The molecule has 0 bridgehead atoms. The summed E-state index contributed by atoms with van der Waals surface area (Å²) in [5.41, 5.74) is 0.720. The van der Waals surface area contributed by atoms with Crippen molar-refractivity contribution in [3.8, 4) is 0 Å². The first kappa shape index (κ1) is 18.6. The lowest BCUT2D eigenvalue weighted by molar-refractivity contribution is 0.0949. The zero-order valence-electron chi connectivity index (χ0n) is 15.6. The van der Waals surface area contributed by atoms with Crippen LogP contribution in [0.2, 0.25) is 0 Å². The van der Waals surface area contributed by atoms with Crippen LogP contribution in [0.25, 0.3) is 11.0 Å². The first-order valence-electron chi connectivity index (χ1n) is 8.80. The van der Waals surface area contributed by atoms with Crippen LogP contribution < -0.4 is 16.6 Å². The van der Waals surface area contributed by atoms with Crippen molar-refractivity contribution in [1.82, 2.24) is 19.4 Å². The molecular formula is C20H22N4O3. The van der Waals surface area contributed by atoms with Gasteiger partial charge in [0.2, 0.25) is 0 Å². The summed E-state index contributed by atoms with van der Waals surface area (Å²) in [7, 11) is 1.59. The minimum absolute atomic E-state index is 0.0850. The molecule has 140 valence electrons. The van der Waals surface area contributed by atoms with Gasteiger partial charge in [-0.2, -0.15) is 0 Å². The van der Waals surface area contributed by atoms with Crippen LogP contribution in [0.4, 0.5) is 0 Å². The first-order chi connectivity index (χ1) is 12.9. The van der Waals surface area contributed by atoms with Crippen LogP contribution in [-0.4, -0.2) is 26.6 Å². The highest BCUT2D eigenvalue weighted by atomic mass is 16.2. The zero-order chi connectivity index (χ0) is 19.6. The van der Waals surface area contributed by atoms with Crippen molar-refractivity contribution in [3.63, 3.8) is 0 Å². The van der Waals surface area contributed by atoms with Gasteiger partial charge in [-0.05, 0) is 35.7 Å². The molecule has 0 atom stereocenters. The lowest BCUT2D eigenvalue weighted by Crippen LogP contribution is -2.39. The third-order valence-electron chi connectivity index (χ3n) is 4.30. The zero-order valence-corrected chi connectivity index (χ0v) is 15.6. The topological polar surface area (TPSA) is 86.0 Å². The second kappa shape index (κ2) is 7.57. The lowest BCUT2D eigenvalue weighted by atomic mass is 10.1. The molecule has 0 spiro atoms. The fraction of sp³-hybridized carbons (Fsp3) is 0.300. The van der Waals surface area contributed by atoms with Gasteiger partial charge in [0.05, 0.1) is 11.9 Å². The average Bonchev–Trinajstić information content (AvgIpc) is 2.68. The van der Waals surface area contributed by atoms with Crippen LogP contribution in [0.15, 0.2) is 52.2 Å². The molecule has 2 aromatic heterocycles. The molecule has 0 aliphatic rings. The second-order valence-corrected chi connectivity index (χ2v) is 6.91. The van der Waals surface area contributed by atoms with E-state index in [2.05, 4.69) is 10.3 Å². The maximum atomic E-state index is 12.7. The minimum atomic E-state index is -0.444. The molecule has 7 nitrogen and oxygen atoms in total. The summed E-state index contributed by atoms with van der Waals surface area (Å²) in [4.78, 5) is 41.7. The number of aromatic nitrogens is 3. The van der Waals surface area contributed by atoms with Gasteiger partial charge in [0.1, 0.15) is 5.65 Å². The third kappa shape index (κ3) is 3.81. The number of nitrogens with one attached hydrogen (secondary N) is 1. The SMILES string of the molecule is CC(C)CNC(=O)c1cccc(Cn2c(=O)c3cccnc3n(C)c2=O)c1. The van der Waals surface area contributed by atoms with Crippen molar-refractivity contribution >= 4 is 16.9 Å². The quantitative estimate of drug-likeness (QED) is 0.742. The second-order valence-electron chi connectivity index (χ2n) is 6.91. The van der Waals surface area contributed by atoms with E-state index in [4.69, 9.17) is 0 Å². The monoisotopic (exact) mass is 366 g/mol. The fourth-order valence-electron chi connectivity index (χ4n) is 2.87. The number of nitrogens with zero attached hydrogens (tertiary/aromatic N) is 3. The number of hydrogen-bond donors (Lipinski definition) is 1. The molecule has 0 fully saturated rings. The van der Waals surface area contributed by atoms with Crippen molar-refractivity contribution in [2.75, 3.05) is 6.54 Å². The molecule has 0 unspecified atom stereocenters. The fourth-order valence-corrected chi connectivity index (χ4v) is 2.87. The van der Waals surface area contributed by atoms with Gasteiger partial charge < -0.3 is 5.32 Å². The predicted octanol–water partition coefficient (Wildman–Crippen LogP) is 1.53. The van der Waals surface area contributed by atoms with Crippen molar-refractivity contribution in [2.24, 2.45) is 13.0 Å². The third-order valence-corrected chi connectivity index (χ3v) is 4.30. The van der Waals surface area contributed by atoms with E-state index >= 15 is 0 Å². The molecule has 0 radical (unpaired) electrons. The summed E-state index contributed by atoms with van der Waals surface area (Å²) < 4.78 is 2.52. The van der Waals surface area contributed by atoms with Crippen molar-refractivity contribution < 1.29 is 4.79 Å². The molecule has 2 heterocycles. The van der Waals surface area contributed by atoms with E-state index in [0.29, 0.717) is 34.6 Å². The molecule has 0 saturated carbocycles. The molecule has 27 heavy (non-hydrogen) atoms. The number of carbonyl (C=O) groups excluding carboxylic acids is 1. The van der Waals surface area contributed by atoms with Crippen LogP contribution in [-0.2, 0) is 13.6 Å². The van der Waals surface area contributed by atoms with E-state index in [9.17, 15) is 14.4 Å². The Balaban J connectivity index is 1.97. The lowest BCUT2D eigenvalue weighted by Gasteiger charge is -2.11. The molecule has 1 amide bonds. The summed E-state index contributed by atoms with van der Waals surface area (Å²) in [6.07, 6.45) is 1.55. The van der Waals surface area contributed by atoms with Crippen LogP contribution in [0.5, 0.6) is 0 Å². The highest BCUT2D eigenvalue weighted by Crippen LogP contribution is 2.08. The predicted molar refractivity (Wildman–Crippen MR) is 104 cm³/mol. The van der Waals surface area contributed by atoms with Crippen LogP contribution in [0, 0.1) is 5.92 Å². The molecule has 0 aliphatic carbocycles. The molecule has 0 saturated heterocycles. The Morgan fingerprint density at radius 3 is 2.70 bits per heavy atom. The minimum Gasteiger partial charge on any atom is -0.352 e. The highest BCUT2D eigenvalue weighted by molar-refractivity contribution is 5.94. The summed E-state index contributed by atoms with van der Waals surface area (Å²) in [6, 6.07) is 10.3. The molecule has 1 N–H and O–H groups in total. The van der Waals surface area contributed by atoms with Crippen LogP contribution in [0.3, 0.4) is 0 Å². The summed E-state index contributed by atoms with van der Waals surface area (Å²) in [5.74, 6) is 0.179. The van der Waals surface area contributed by atoms with Crippen LogP contribution in [0.1, 0.15) is 29.8 Å². The normalized spacial score (nSPS) is 11.1. The summed E-state index contributed by atoms with van der Waals surface area (Å²) >= 11 is 0. The van der Waals surface area contributed by atoms with Gasteiger partial charge in [0, 0.05) is 25.4 Å². The van der Waals surface area contributed by atoms with Crippen molar-refractivity contribution in [3.05, 3.63) is 74.6 Å². The number of fused-ring (bicyclic) bond motifs is 1. The Labute approximate surface area is 156 Å². The van der Waals surface area contributed by atoms with Gasteiger partial charge in [-0.1, -0.05) is 26.0 Å². The standard InChI is InChI=1S/C20H22N4O3/c1-13(2)11-22-18(25)15-7-4-6-14(10-15)12-24-19(26)16-8-5-9-21-17(16)23(3)20(24)27/h4-10,13H,11-12H2,1-3H3,(H,22,25). The van der Waals surface area contributed by atoms with E-state index in [1.165, 1.54) is 4.57 Å². The van der Waals surface area contributed by atoms with E-state index in [-0.39, 0.29) is 12.5 Å². The van der Waals surface area contributed by atoms with Crippen molar-refractivity contribution in [1.29, 1.82) is 0 Å². The molecule has 1 aromatic carbocycles. The van der Waals surface area contributed by atoms with Crippen LogP contribution >= 0.6 is 0 Å². The number of benzene rings is 1. The Kier molecular flexibility index (Phi) is 5.21. The van der Waals surface area contributed by atoms with Gasteiger partial charge in [-0.3, -0.25) is 18.7 Å². The number of rotatable bonds is 5. The average molecular weight is 366 g/mol.